The first-order valence-electron chi connectivity index (χ1n) is 10.2. The van der Waals surface area contributed by atoms with Crippen molar-refractivity contribution in [1.82, 2.24) is 15.1 Å². The molecule has 3 N–H and O–H groups in total. The van der Waals surface area contributed by atoms with Gasteiger partial charge in [-0.2, -0.15) is 0 Å². The van der Waals surface area contributed by atoms with Crippen LogP contribution < -0.4 is 5.32 Å². The van der Waals surface area contributed by atoms with Crippen molar-refractivity contribution in [1.29, 1.82) is 0 Å². The smallest absolute Gasteiger partial charge is 0.289 e. The highest BCUT2D eigenvalue weighted by atomic mass is 16.4. The average Bonchev–Trinajstić information content (AvgIpc) is 3.29. The Balaban J connectivity index is 1.28. The van der Waals surface area contributed by atoms with Crippen LogP contribution in [0.25, 0.3) is 0 Å². The molecule has 154 valence electrons. The van der Waals surface area contributed by atoms with E-state index in [0.717, 1.165) is 25.8 Å². The second kappa shape index (κ2) is 7.50. The topological polar surface area (TPSA) is 106 Å². The van der Waals surface area contributed by atoms with Crippen LogP contribution in [-0.4, -0.2) is 75.7 Å². The van der Waals surface area contributed by atoms with Crippen LogP contribution in [0.15, 0.2) is 10.5 Å². The number of piperidine rings is 1. The molecule has 4 rings (SSSR count). The van der Waals surface area contributed by atoms with Crippen molar-refractivity contribution in [2.24, 2.45) is 0 Å². The van der Waals surface area contributed by atoms with Crippen LogP contribution >= 0.6 is 0 Å². The molecule has 0 aromatic carbocycles. The number of furan rings is 1. The van der Waals surface area contributed by atoms with E-state index in [-0.39, 0.29) is 49.9 Å². The Bertz CT molecular complexity index is 755. The second-order valence-electron chi connectivity index (χ2n) is 8.43. The fourth-order valence-electron chi connectivity index (χ4n) is 4.80. The van der Waals surface area contributed by atoms with Gasteiger partial charge in [0.25, 0.3) is 5.91 Å². The summed E-state index contributed by atoms with van der Waals surface area (Å²) in [5.74, 6) is 0.349. The summed E-state index contributed by atoms with van der Waals surface area (Å²) >= 11 is 0. The van der Waals surface area contributed by atoms with E-state index in [9.17, 15) is 19.8 Å². The summed E-state index contributed by atoms with van der Waals surface area (Å²) in [6.07, 6.45) is 5.45. The van der Waals surface area contributed by atoms with Crippen molar-refractivity contribution < 1.29 is 24.2 Å². The number of likely N-dealkylation sites (tertiary alicyclic amines) is 1. The molecule has 1 aromatic heterocycles. The molecular weight excluding hydrogens is 362 g/mol. The molecule has 2 atom stereocenters. The SMILES string of the molecule is Cc1oc(C(=O)N2CC(O)(CNC(=O)C3CCCC4CCCN43)C2)cc1CO. The molecule has 8 nitrogen and oxygen atoms in total. The number of nitrogens with zero attached hydrogens (tertiary/aromatic N) is 2. The van der Waals surface area contributed by atoms with Gasteiger partial charge in [0.2, 0.25) is 5.91 Å². The Morgan fingerprint density at radius 1 is 1.29 bits per heavy atom. The highest BCUT2D eigenvalue weighted by Gasteiger charge is 2.45. The minimum Gasteiger partial charge on any atom is -0.456 e. The maximum Gasteiger partial charge on any atom is 0.289 e. The van der Waals surface area contributed by atoms with Gasteiger partial charge in [-0.1, -0.05) is 0 Å². The summed E-state index contributed by atoms with van der Waals surface area (Å²) in [7, 11) is 0. The highest BCUT2D eigenvalue weighted by Crippen LogP contribution is 2.31. The van der Waals surface area contributed by atoms with Crippen molar-refractivity contribution in [2.45, 2.75) is 63.3 Å². The van der Waals surface area contributed by atoms with E-state index >= 15 is 0 Å². The molecule has 1 aromatic rings. The van der Waals surface area contributed by atoms with Crippen LogP contribution in [0.4, 0.5) is 0 Å². The first-order chi connectivity index (χ1) is 13.4. The summed E-state index contributed by atoms with van der Waals surface area (Å²) in [6.45, 7) is 2.93. The lowest BCUT2D eigenvalue weighted by atomic mass is 9.92. The van der Waals surface area contributed by atoms with Crippen molar-refractivity contribution in [3.8, 4) is 0 Å². The van der Waals surface area contributed by atoms with Crippen molar-refractivity contribution in [3.05, 3.63) is 23.2 Å². The predicted molar refractivity (Wildman–Crippen MR) is 101 cm³/mol. The Kier molecular flexibility index (Phi) is 5.20. The Labute approximate surface area is 164 Å². The number of hydrogen-bond donors (Lipinski definition) is 3. The number of nitrogens with one attached hydrogen (secondary N) is 1. The fourth-order valence-corrected chi connectivity index (χ4v) is 4.80. The molecule has 3 fully saturated rings. The zero-order chi connectivity index (χ0) is 19.9. The van der Waals surface area contributed by atoms with Gasteiger partial charge in [0.15, 0.2) is 5.76 Å². The maximum atomic E-state index is 12.7. The molecule has 8 heteroatoms. The van der Waals surface area contributed by atoms with Gasteiger partial charge in [-0.25, -0.2) is 0 Å². The summed E-state index contributed by atoms with van der Waals surface area (Å²) in [6, 6.07) is 1.97. The van der Waals surface area contributed by atoms with Crippen LogP contribution in [0, 0.1) is 6.92 Å². The van der Waals surface area contributed by atoms with Gasteiger partial charge in [-0.3, -0.25) is 14.5 Å². The molecular formula is C20H29N3O5. The Hall–Kier alpha value is -1.90. The van der Waals surface area contributed by atoms with E-state index in [1.165, 1.54) is 23.8 Å². The van der Waals surface area contributed by atoms with Crippen molar-refractivity contribution in [3.63, 3.8) is 0 Å². The van der Waals surface area contributed by atoms with Crippen LogP contribution in [0.1, 0.15) is 54.0 Å². The molecule has 3 saturated heterocycles. The van der Waals surface area contributed by atoms with Gasteiger partial charge in [-0.05, 0) is 51.6 Å². The Morgan fingerprint density at radius 2 is 2.04 bits per heavy atom. The maximum absolute atomic E-state index is 12.7. The van der Waals surface area contributed by atoms with E-state index in [1.807, 2.05) is 0 Å². The molecule has 0 spiro atoms. The molecule has 28 heavy (non-hydrogen) atoms. The number of aryl methyl sites for hydroxylation is 1. The van der Waals surface area contributed by atoms with Crippen LogP contribution in [-0.2, 0) is 11.4 Å². The highest BCUT2D eigenvalue weighted by molar-refractivity contribution is 5.92. The van der Waals surface area contributed by atoms with E-state index in [1.54, 1.807) is 6.92 Å². The number of hydrogen-bond acceptors (Lipinski definition) is 6. The number of rotatable bonds is 5. The number of carbonyl (C=O) groups excluding carboxylic acids is 2. The number of fused-ring (bicyclic) bond motifs is 1. The third kappa shape index (κ3) is 3.56. The van der Waals surface area contributed by atoms with Crippen LogP contribution in [0.3, 0.4) is 0 Å². The molecule has 4 heterocycles. The first kappa shape index (κ1) is 19.4. The monoisotopic (exact) mass is 391 g/mol. The minimum atomic E-state index is -1.11. The van der Waals surface area contributed by atoms with Gasteiger partial charge in [0, 0.05) is 18.2 Å². The predicted octanol–water partition coefficient (Wildman–Crippen LogP) is 0.400. The Morgan fingerprint density at radius 3 is 2.75 bits per heavy atom. The summed E-state index contributed by atoms with van der Waals surface area (Å²) in [5.41, 5.74) is -0.523. The average molecular weight is 391 g/mol. The standard InChI is InChI=1S/C20H29N3O5/c1-13-14(9-24)8-17(28-13)19(26)22-11-20(27,12-22)10-21-18(25)16-6-2-4-15-5-3-7-23(15)16/h8,15-16,24,27H,2-7,9-12H2,1H3,(H,21,25). The van der Waals surface area contributed by atoms with Crippen LogP contribution in [0.5, 0.6) is 0 Å². The molecule has 2 unspecified atom stereocenters. The third-order valence-electron chi connectivity index (χ3n) is 6.39. The van der Waals surface area contributed by atoms with Gasteiger partial charge in [0.1, 0.15) is 11.4 Å². The van der Waals surface area contributed by atoms with Crippen LogP contribution in [0.2, 0.25) is 0 Å². The van der Waals surface area contributed by atoms with Crippen molar-refractivity contribution in [2.75, 3.05) is 26.2 Å². The number of β-amino-alcohol motifs (C(OH)–C–C–N with tert-alkyl or cyclic N) is 1. The minimum absolute atomic E-state index is 0.0148. The summed E-state index contributed by atoms with van der Waals surface area (Å²) in [5, 5.41) is 22.8. The number of amides is 2. The van der Waals surface area contributed by atoms with Gasteiger partial charge < -0.3 is 24.8 Å². The first-order valence-corrected chi connectivity index (χ1v) is 10.2. The fraction of sp³-hybridized carbons (Fsp3) is 0.700. The lowest BCUT2D eigenvalue weighted by molar-refractivity contribution is -0.132. The number of carbonyl (C=O) groups is 2. The largest absolute Gasteiger partial charge is 0.456 e. The van der Waals surface area contributed by atoms with E-state index < -0.39 is 5.60 Å². The molecule has 0 saturated carbocycles. The third-order valence-corrected chi connectivity index (χ3v) is 6.39. The molecule has 3 aliphatic heterocycles. The van der Waals surface area contributed by atoms with Gasteiger partial charge >= 0.3 is 0 Å². The molecule has 3 aliphatic rings. The molecule has 0 bridgehead atoms. The molecule has 0 aliphatic carbocycles. The zero-order valence-corrected chi connectivity index (χ0v) is 16.3. The summed E-state index contributed by atoms with van der Waals surface area (Å²) < 4.78 is 5.40. The number of aliphatic hydroxyl groups excluding tert-OH is 1. The second-order valence-corrected chi connectivity index (χ2v) is 8.43. The number of aliphatic hydroxyl groups is 2. The zero-order valence-electron chi connectivity index (χ0n) is 16.3. The van der Waals surface area contributed by atoms with E-state index in [0.29, 0.717) is 17.4 Å². The van der Waals surface area contributed by atoms with E-state index in [2.05, 4.69) is 10.2 Å². The lowest BCUT2D eigenvalue weighted by Gasteiger charge is -2.46. The lowest BCUT2D eigenvalue weighted by Crippen LogP contribution is -2.68. The van der Waals surface area contributed by atoms with Crippen molar-refractivity contribution >= 4 is 11.8 Å². The molecule has 0 radical (unpaired) electrons. The van der Waals surface area contributed by atoms with Gasteiger partial charge in [0.05, 0.1) is 25.7 Å². The summed E-state index contributed by atoms with van der Waals surface area (Å²) in [4.78, 5) is 28.9. The molecule has 2 amide bonds. The quantitative estimate of drug-likeness (QED) is 0.671. The van der Waals surface area contributed by atoms with E-state index in [4.69, 9.17) is 4.42 Å². The normalized spacial score (nSPS) is 26.6. The van der Waals surface area contributed by atoms with Gasteiger partial charge in [-0.15, -0.1) is 0 Å².